The van der Waals surface area contributed by atoms with E-state index in [1.807, 2.05) is 48.5 Å². The molecule has 164 valence electrons. The van der Waals surface area contributed by atoms with Gasteiger partial charge in [0.25, 0.3) is 0 Å². The van der Waals surface area contributed by atoms with Crippen molar-refractivity contribution in [2.45, 2.75) is 52.1 Å². The van der Waals surface area contributed by atoms with Crippen molar-refractivity contribution in [1.82, 2.24) is 0 Å². The molecule has 2 aliphatic rings. The van der Waals surface area contributed by atoms with Crippen molar-refractivity contribution in [2.24, 2.45) is 17.8 Å². The van der Waals surface area contributed by atoms with Crippen LogP contribution in [0.15, 0.2) is 48.5 Å². The zero-order valence-electron chi connectivity index (χ0n) is 18.4. The van der Waals surface area contributed by atoms with Crippen LogP contribution in [0.3, 0.4) is 0 Å². The van der Waals surface area contributed by atoms with Crippen LogP contribution in [0.2, 0.25) is 0 Å². The summed E-state index contributed by atoms with van der Waals surface area (Å²) in [6, 6.07) is 14.8. The van der Waals surface area contributed by atoms with Gasteiger partial charge in [0.2, 0.25) is 0 Å². The molecule has 0 saturated heterocycles. The maximum Gasteiger partial charge on any atom is 0.344 e. The lowest BCUT2D eigenvalue weighted by molar-refractivity contribution is -0.167. The van der Waals surface area contributed by atoms with Crippen molar-refractivity contribution in [3.63, 3.8) is 0 Å². The minimum absolute atomic E-state index is 0.112. The van der Waals surface area contributed by atoms with E-state index >= 15 is 0 Å². The van der Waals surface area contributed by atoms with Crippen LogP contribution in [0.4, 0.5) is 0 Å². The maximum atomic E-state index is 13.1. The molecule has 5 nitrogen and oxygen atoms in total. The van der Waals surface area contributed by atoms with Gasteiger partial charge < -0.3 is 14.2 Å². The number of hydrogen-bond donors (Lipinski definition) is 0. The van der Waals surface area contributed by atoms with Crippen LogP contribution in [0.25, 0.3) is 0 Å². The first-order valence-electron chi connectivity index (χ1n) is 11.2. The molecule has 0 radical (unpaired) electrons. The van der Waals surface area contributed by atoms with Crippen molar-refractivity contribution >= 4 is 11.9 Å². The van der Waals surface area contributed by atoms with E-state index in [1.54, 1.807) is 0 Å². The highest BCUT2D eigenvalue weighted by atomic mass is 16.6. The van der Waals surface area contributed by atoms with E-state index < -0.39 is 17.9 Å². The molecule has 4 rings (SSSR count). The topological polar surface area (TPSA) is 61.8 Å². The molecule has 0 bridgehead atoms. The summed E-state index contributed by atoms with van der Waals surface area (Å²) in [5.74, 6) is 0.999. The average Bonchev–Trinajstić information content (AvgIpc) is 2.75. The molecular formula is C26H30O5. The van der Waals surface area contributed by atoms with Gasteiger partial charge in [0.1, 0.15) is 23.5 Å². The molecule has 1 saturated carbocycles. The first-order valence-corrected chi connectivity index (χ1v) is 11.2. The molecule has 3 unspecified atom stereocenters. The number of ether oxygens (including phenoxy) is 3. The van der Waals surface area contributed by atoms with Gasteiger partial charge in [0.15, 0.2) is 6.61 Å². The predicted octanol–water partition coefficient (Wildman–Crippen LogP) is 5.47. The fraction of sp³-hybridized carbons (Fsp3) is 0.462. The molecule has 3 atom stereocenters. The fourth-order valence-electron chi connectivity index (χ4n) is 4.83. The molecular weight excluding hydrogens is 392 g/mol. The lowest BCUT2D eigenvalue weighted by atomic mass is 9.75. The fourth-order valence-corrected chi connectivity index (χ4v) is 4.83. The molecule has 0 aromatic heterocycles. The summed E-state index contributed by atoms with van der Waals surface area (Å²) in [6.45, 7) is 6.15. The summed E-state index contributed by atoms with van der Waals surface area (Å²) in [5, 5.41) is 0. The number of rotatable bonds is 5. The molecule has 1 fully saturated rings. The highest BCUT2D eigenvalue weighted by Crippen LogP contribution is 2.44. The molecule has 1 heterocycles. The number of fused-ring (bicyclic) bond motifs is 2. The Morgan fingerprint density at radius 1 is 1.00 bits per heavy atom. The highest BCUT2D eigenvalue weighted by molar-refractivity contribution is 5.87. The maximum absolute atomic E-state index is 13.1. The molecule has 1 aliphatic carbocycles. The first kappa shape index (κ1) is 21.4. The number of para-hydroxylation sites is 2. The second-order valence-corrected chi connectivity index (χ2v) is 9.07. The first-order chi connectivity index (χ1) is 14.9. The second kappa shape index (κ2) is 9.13. The summed E-state index contributed by atoms with van der Waals surface area (Å²) in [4.78, 5) is 25.6. The van der Waals surface area contributed by atoms with E-state index in [0.29, 0.717) is 29.3 Å². The minimum atomic E-state index is -0.632. The van der Waals surface area contributed by atoms with Crippen molar-refractivity contribution < 1.29 is 23.8 Å². The summed E-state index contributed by atoms with van der Waals surface area (Å²) < 4.78 is 17.2. The molecule has 0 spiro atoms. The summed E-state index contributed by atoms with van der Waals surface area (Å²) in [6.07, 6.45) is 2.98. The Labute approximate surface area is 183 Å². The van der Waals surface area contributed by atoms with Crippen LogP contribution < -0.4 is 4.74 Å². The van der Waals surface area contributed by atoms with E-state index in [1.165, 1.54) is 0 Å². The van der Waals surface area contributed by atoms with E-state index in [2.05, 4.69) is 20.8 Å². The van der Waals surface area contributed by atoms with Crippen molar-refractivity contribution in [1.29, 1.82) is 0 Å². The van der Waals surface area contributed by atoms with Gasteiger partial charge in [-0.25, -0.2) is 4.79 Å². The predicted molar refractivity (Wildman–Crippen MR) is 117 cm³/mol. The normalized spacial score (nSPS) is 22.8. The van der Waals surface area contributed by atoms with Gasteiger partial charge in [-0.1, -0.05) is 63.6 Å². The lowest BCUT2D eigenvalue weighted by Crippen LogP contribution is -2.37. The number of carbonyl (C=O) groups excluding carboxylic acids is 2. The second-order valence-electron chi connectivity index (χ2n) is 9.07. The Kier molecular flexibility index (Phi) is 6.30. The number of esters is 2. The van der Waals surface area contributed by atoms with Gasteiger partial charge in [-0.05, 0) is 42.7 Å². The number of hydrogen-bond acceptors (Lipinski definition) is 5. The van der Waals surface area contributed by atoms with Crippen LogP contribution in [0.5, 0.6) is 11.5 Å². The van der Waals surface area contributed by atoms with Crippen LogP contribution in [-0.2, 0) is 19.1 Å². The third-order valence-corrected chi connectivity index (χ3v) is 6.49. The van der Waals surface area contributed by atoms with E-state index in [9.17, 15) is 9.59 Å². The SMILES string of the molecule is CC1CCC(C(C)C)C(OC(=O)COC(=O)C2c3ccccc3Oc3ccccc32)C1. The van der Waals surface area contributed by atoms with Gasteiger partial charge in [0, 0.05) is 11.1 Å². The van der Waals surface area contributed by atoms with Crippen molar-refractivity contribution in [2.75, 3.05) is 6.61 Å². The third kappa shape index (κ3) is 4.60. The number of carbonyl (C=O) groups is 2. The van der Waals surface area contributed by atoms with Gasteiger partial charge in [-0.2, -0.15) is 0 Å². The Morgan fingerprint density at radius 3 is 2.23 bits per heavy atom. The summed E-state index contributed by atoms with van der Waals surface area (Å²) in [7, 11) is 0. The monoisotopic (exact) mass is 422 g/mol. The quantitative estimate of drug-likeness (QED) is 0.598. The average molecular weight is 423 g/mol. The lowest BCUT2D eigenvalue weighted by Gasteiger charge is -2.36. The van der Waals surface area contributed by atoms with Gasteiger partial charge in [0.05, 0.1) is 0 Å². The molecule has 0 N–H and O–H groups in total. The van der Waals surface area contributed by atoms with E-state index in [0.717, 1.165) is 30.4 Å². The van der Waals surface area contributed by atoms with Gasteiger partial charge >= 0.3 is 11.9 Å². The summed E-state index contributed by atoms with van der Waals surface area (Å²) >= 11 is 0. The smallest absolute Gasteiger partial charge is 0.344 e. The molecule has 5 heteroatoms. The molecule has 2 aromatic carbocycles. The summed E-state index contributed by atoms with van der Waals surface area (Å²) in [5.41, 5.74) is 1.47. The Balaban J connectivity index is 1.44. The van der Waals surface area contributed by atoms with Gasteiger partial charge in [-0.3, -0.25) is 4.79 Å². The zero-order chi connectivity index (χ0) is 22.0. The van der Waals surface area contributed by atoms with Gasteiger partial charge in [-0.15, -0.1) is 0 Å². The van der Waals surface area contributed by atoms with Crippen molar-refractivity contribution in [3.05, 3.63) is 59.7 Å². The van der Waals surface area contributed by atoms with E-state index in [4.69, 9.17) is 14.2 Å². The zero-order valence-corrected chi connectivity index (χ0v) is 18.4. The Hall–Kier alpha value is -2.82. The third-order valence-electron chi connectivity index (χ3n) is 6.49. The van der Waals surface area contributed by atoms with Crippen molar-refractivity contribution in [3.8, 4) is 11.5 Å². The van der Waals surface area contributed by atoms with E-state index in [-0.39, 0.29) is 12.7 Å². The van der Waals surface area contributed by atoms with Crippen LogP contribution in [0, 0.1) is 17.8 Å². The Morgan fingerprint density at radius 2 is 1.61 bits per heavy atom. The largest absolute Gasteiger partial charge is 0.460 e. The highest BCUT2D eigenvalue weighted by Gasteiger charge is 2.36. The molecule has 1 aliphatic heterocycles. The van der Waals surface area contributed by atoms with Crippen LogP contribution in [0.1, 0.15) is 57.1 Å². The Bertz CT molecular complexity index is 905. The number of benzene rings is 2. The molecule has 31 heavy (non-hydrogen) atoms. The molecule has 2 aromatic rings. The standard InChI is InChI=1S/C26H30O5/c1-16(2)18-13-12-17(3)14-23(18)31-24(27)15-29-26(28)25-19-8-4-6-10-21(19)30-22-11-7-5-9-20(22)25/h4-11,16-18,23,25H,12-15H2,1-3H3. The minimum Gasteiger partial charge on any atom is -0.460 e. The van der Waals surface area contributed by atoms with Crippen LogP contribution in [-0.4, -0.2) is 24.6 Å². The molecule has 0 amide bonds. The van der Waals surface area contributed by atoms with Crippen LogP contribution >= 0.6 is 0 Å².